The third-order valence-corrected chi connectivity index (χ3v) is 5.14. The van der Waals surface area contributed by atoms with Gasteiger partial charge in [0, 0.05) is 45.8 Å². The number of β-amino-alcohol motifs (C(OH)–C–C–N with tert-alkyl or cyclic N) is 1. The Morgan fingerprint density at radius 2 is 2.04 bits per heavy atom. The maximum absolute atomic E-state index is 12.5. The van der Waals surface area contributed by atoms with Gasteiger partial charge < -0.3 is 14.7 Å². The molecule has 24 heavy (non-hydrogen) atoms. The molecule has 2 aliphatic heterocycles. The van der Waals surface area contributed by atoms with Gasteiger partial charge in [-0.1, -0.05) is 30.3 Å². The molecule has 2 fully saturated rings. The van der Waals surface area contributed by atoms with Gasteiger partial charge in [0.1, 0.15) is 0 Å². The summed E-state index contributed by atoms with van der Waals surface area (Å²) in [6, 6.07) is 10.3. The van der Waals surface area contributed by atoms with E-state index in [0.29, 0.717) is 32.7 Å². The van der Waals surface area contributed by atoms with Crippen LogP contribution >= 0.6 is 0 Å². The maximum Gasteiger partial charge on any atom is 0.225 e. The van der Waals surface area contributed by atoms with Crippen molar-refractivity contribution >= 4 is 5.91 Å². The first-order chi connectivity index (χ1) is 11.6. The van der Waals surface area contributed by atoms with Crippen molar-refractivity contribution in [1.82, 2.24) is 9.80 Å². The highest BCUT2D eigenvalue weighted by Crippen LogP contribution is 2.25. The second-order valence-electron chi connectivity index (χ2n) is 7.25. The molecule has 0 saturated carbocycles. The van der Waals surface area contributed by atoms with Crippen LogP contribution < -0.4 is 0 Å². The van der Waals surface area contributed by atoms with Crippen molar-refractivity contribution in [3.8, 4) is 0 Å². The van der Waals surface area contributed by atoms with Gasteiger partial charge in [-0.15, -0.1) is 0 Å². The Hall–Kier alpha value is -1.43. The van der Waals surface area contributed by atoms with E-state index in [2.05, 4.69) is 17.0 Å². The van der Waals surface area contributed by atoms with Gasteiger partial charge in [0.05, 0.1) is 12.1 Å². The number of hydrogen-bond donors (Lipinski definition) is 1. The second kappa shape index (κ2) is 7.64. The lowest BCUT2D eigenvalue weighted by Gasteiger charge is -2.32. The molecule has 1 unspecified atom stereocenters. The Kier molecular flexibility index (Phi) is 5.54. The molecule has 0 aliphatic carbocycles. The first-order valence-corrected chi connectivity index (χ1v) is 8.87. The van der Waals surface area contributed by atoms with Crippen LogP contribution in [0.3, 0.4) is 0 Å². The number of hydrogen-bond acceptors (Lipinski definition) is 4. The second-order valence-corrected chi connectivity index (χ2v) is 7.25. The van der Waals surface area contributed by atoms with Crippen LogP contribution in [0.15, 0.2) is 30.3 Å². The van der Waals surface area contributed by atoms with Crippen molar-refractivity contribution < 1.29 is 14.6 Å². The Morgan fingerprint density at radius 3 is 2.75 bits per heavy atom. The van der Waals surface area contributed by atoms with Crippen molar-refractivity contribution in [3.63, 3.8) is 0 Å². The topological polar surface area (TPSA) is 53.0 Å². The van der Waals surface area contributed by atoms with E-state index in [1.165, 1.54) is 5.56 Å². The van der Waals surface area contributed by atoms with Gasteiger partial charge in [-0.05, 0) is 24.8 Å². The monoisotopic (exact) mass is 332 g/mol. The number of nitrogens with zero attached hydrogens (tertiary/aromatic N) is 2. The molecule has 2 aliphatic rings. The molecule has 132 valence electrons. The lowest BCUT2D eigenvalue weighted by molar-refractivity contribution is -0.140. The van der Waals surface area contributed by atoms with E-state index in [9.17, 15) is 9.90 Å². The molecule has 0 bridgehead atoms. The minimum absolute atomic E-state index is 0.0502. The third kappa shape index (κ3) is 4.35. The zero-order chi connectivity index (χ0) is 17.0. The van der Waals surface area contributed by atoms with Gasteiger partial charge >= 0.3 is 0 Å². The van der Waals surface area contributed by atoms with Crippen molar-refractivity contribution in [2.45, 2.75) is 31.4 Å². The predicted octanol–water partition coefficient (Wildman–Crippen LogP) is 1.51. The lowest BCUT2D eigenvalue weighted by Crippen LogP contribution is -2.47. The summed E-state index contributed by atoms with van der Waals surface area (Å²) < 4.78 is 5.33. The molecule has 1 aromatic rings. The first kappa shape index (κ1) is 17.4. The fourth-order valence-corrected chi connectivity index (χ4v) is 3.82. The van der Waals surface area contributed by atoms with Gasteiger partial charge in [-0.3, -0.25) is 9.69 Å². The van der Waals surface area contributed by atoms with E-state index in [1.807, 2.05) is 25.2 Å². The van der Waals surface area contributed by atoms with Crippen LogP contribution in [0.25, 0.3) is 0 Å². The smallest absolute Gasteiger partial charge is 0.225 e. The summed E-state index contributed by atoms with van der Waals surface area (Å²) in [6.07, 6.45) is 2.30. The molecule has 0 aromatic heterocycles. The zero-order valence-corrected chi connectivity index (χ0v) is 14.5. The molecule has 5 heteroatoms. The molecule has 5 nitrogen and oxygen atoms in total. The standard InChI is InChI=1S/C19H28N2O3/c1-20(18(22)17-7-11-24-12-8-17)14-19(23)9-10-21(15-19)13-16-5-3-2-4-6-16/h2-6,17,23H,7-15H2,1H3. The van der Waals surface area contributed by atoms with Crippen LogP contribution in [-0.4, -0.2) is 66.3 Å². The van der Waals surface area contributed by atoms with E-state index >= 15 is 0 Å². The van der Waals surface area contributed by atoms with Gasteiger partial charge in [-0.25, -0.2) is 0 Å². The maximum atomic E-state index is 12.5. The molecule has 3 rings (SSSR count). The minimum Gasteiger partial charge on any atom is -0.387 e. The summed E-state index contributed by atoms with van der Waals surface area (Å²) in [5.41, 5.74) is 0.457. The summed E-state index contributed by atoms with van der Waals surface area (Å²) in [5, 5.41) is 10.9. The summed E-state index contributed by atoms with van der Waals surface area (Å²) in [4.78, 5) is 16.5. The highest BCUT2D eigenvalue weighted by molar-refractivity contribution is 5.78. The fourth-order valence-electron chi connectivity index (χ4n) is 3.82. The number of benzene rings is 1. The Labute approximate surface area is 144 Å². The van der Waals surface area contributed by atoms with Gasteiger partial charge in [-0.2, -0.15) is 0 Å². The zero-order valence-electron chi connectivity index (χ0n) is 14.5. The number of carbonyl (C=O) groups is 1. The summed E-state index contributed by atoms with van der Waals surface area (Å²) in [5.74, 6) is 0.197. The van der Waals surface area contributed by atoms with Crippen molar-refractivity contribution in [1.29, 1.82) is 0 Å². The van der Waals surface area contributed by atoms with E-state index < -0.39 is 5.60 Å². The van der Waals surface area contributed by atoms with Crippen molar-refractivity contribution in [2.75, 3.05) is 39.9 Å². The number of likely N-dealkylation sites (tertiary alicyclic amines) is 1. The van der Waals surface area contributed by atoms with Crippen LogP contribution in [0, 0.1) is 5.92 Å². The minimum atomic E-state index is -0.801. The molecule has 0 radical (unpaired) electrons. The Bertz CT molecular complexity index is 545. The third-order valence-electron chi connectivity index (χ3n) is 5.14. The lowest BCUT2D eigenvalue weighted by atomic mass is 9.97. The van der Waals surface area contributed by atoms with Gasteiger partial charge in [0.25, 0.3) is 0 Å². The summed E-state index contributed by atoms with van der Waals surface area (Å²) >= 11 is 0. The molecule has 0 spiro atoms. The molecule has 1 atom stereocenters. The van der Waals surface area contributed by atoms with E-state index in [0.717, 1.165) is 25.9 Å². The average molecular weight is 332 g/mol. The summed E-state index contributed by atoms with van der Waals surface area (Å²) in [7, 11) is 1.82. The molecular weight excluding hydrogens is 304 g/mol. The number of ether oxygens (including phenoxy) is 1. The molecule has 2 saturated heterocycles. The highest BCUT2D eigenvalue weighted by Gasteiger charge is 2.38. The van der Waals surface area contributed by atoms with Crippen LogP contribution in [0.4, 0.5) is 0 Å². The average Bonchev–Trinajstić information content (AvgIpc) is 2.96. The van der Waals surface area contributed by atoms with Crippen LogP contribution in [-0.2, 0) is 16.1 Å². The number of carbonyl (C=O) groups excluding carboxylic acids is 1. The predicted molar refractivity (Wildman–Crippen MR) is 92.5 cm³/mol. The quantitative estimate of drug-likeness (QED) is 0.888. The normalized spacial score (nSPS) is 25.8. The highest BCUT2D eigenvalue weighted by atomic mass is 16.5. The van der Waals surface area contributed by atoms with E-state index in [1.54, 1.807) is 4.90 Å². The van der Waals surface area contributed by atoms with Gasteiger partial charge in [0.15, 0.2) is 0 Å². The summed E-state index contributed by atoms with van der Waals surface area (Å²) in [6.45, 7) is 4.08. The first-order valence-electron chi connectivity index (χ1n) is 8.87. The van der Waals surface area contributed by atoms with Crippen LogP contribution in [0.1, 0.15) is 24.8 Å². The van der Waals surface area contributed by atoms with Crippen LogP contribution in [0.5, 0.6) is 0 Å². The number of likely N-dealkylation sites (N-methyl/N-ethyl adjacent to an activating group) is 1. The van der Waals surface area contributed by atoms with E-state index in [-0.39, 0.29) is 11.8 Å². The Morgan fingerprint density at radius 1 is 1.33 bits per heavy atom. The molecule has 2 heterocycles. The number of rotatable bonds is 5. The molecule has 1 amide bonds. The largest absolute Gasteiger partial charge is 0.387 e. The Balaban J connectivity index is 1.52. The van der Waals surface area contributed by atoms with Crippen molar-refractivity contribution in [3.05, 3.63) is 35.9 Å². The van der Waals surface area contributed by atoms with Crippen molar-refractivity contribution in [2.24, 2.45) is 5.92 Å². The molecule has 1 N–H and O–H groups in total. The number of aliphatic hydroxyl groups is 1. The SMILES string of the molecule is CN(CC1(O)CCN(Cc2ccccc2)C1)C(=O)C1CCOCC1. The molecule has 1 aromatic carbocycles. The van der Waals surface area contributed by atoms with E-state index in [4.69, 9.17) is 4.74 Å². The number of amides is 1. The van der Waals surface area contributed by atoms with Crippen LogP contribution in [0.2, 0.25) is 0 Å². The fraction of sp³-hybridized carbons (Fsp3) is 0.632. The van der Waals surface area contributed by atoms with Gasteiger partial charge in [0.2, 0.25) is 5.91 Å². The molecular formula is C19H28N2O3.